The number of carboxylic acids is 1. The van der Waals surface area contributed by atoms with Crippen LogP contribution in [0.25, 0.3) is 0 Å². The predicted molar refractivity (Wildman–Crippen MR) is 89.1 cm³/mol. The van der Waals surface area contributed by atoms with Crippen LogP contribution >= 0.6 is 0 Å². The van der Waals surface area contributed by atoms with Crippen molar-refractivity contribution in [3.8, 4) is 5.75 Å². The van der Waals surface area contributed by atoms with Crippen LogP contribution in [-0.2, 0) is 4.79 Å². The van der Waals surface area contributed by atoms with E-state index in [2.05, 4.69) is 22.1 Å². The Kier molecular flexibility index (Phi) is 5.06. The fraction of sp³-hybridized carbons (Fsp3) is 0.0588. The number of phenols is 1. The van der Waals surface area contributed by atoms with Crippen molar-refractivity contribution in [3.05, 3.63) is 60.2 Å². The smallest absolute Gasteiger partial charge is 0.339 e. The summed E-state index contributed by atoms with van der Waals surface area (Å²) in [5, 5.41) is 29.2. The first-order valence-corrected chi connectivity index (χ1v) is 6.92. The van der Waals surface area contributed by atoms with Gasteiger partial charge < -0.3 is 15.5 Å². The number of aromatic carboxylic acids is 1. The number of nitrogens with zero attached hydrogens (tertiary/aromatic N) is 2. The third-order valence-corrected chi connectivity index (χ3v) is 3.02. The quantitative estimate of drug-likeness (QED) is 0.569. The summed E-state index contributed by atoms with van der Waals surface area (Å²) in [5.74, 6) is -1.97. The van der Waals surface area contributed by atoms with Crippen LogP contribution in [0.1, 0.15) is 17.3 Å². The van der Waals surface area contributed by atoms with E-state index in [9.17, 15) is 14.7 Å². The Hall–Kier alpha value is -3.48. The predicted octanol–water partition coefficient (Wildman–Crippen LogP) is 4.02. The number of carboxylic acid groups (broad SMARTS) is 1. The molecule has 3 N–H and O–H groups in total. The molecule has 0 aliphatic carbocycles. The lowest BCUT2D eigenvalue weighted by molar-refractivity contribution is -0.112. The monoisotopic (exact) mass is 325 g/mol. The highest BCUT2D eigenvalue weighted by Gasteiger charge is 2.10. The maximum atomic E-state index is 11.7. The molecular formula is C17H15N3O4. The first-order chi connectivity index (χ1) is 11.4. The highest BCUT2D eigenvalue weighted by Crippen LogP contribution is 2.29. The third-order valence-electron chi connectivity index (χ3n) is 3.02. The number of anilines is 1. The molecule has 7 nitrogen and oxygen atoms in total. The molecular weight excluding hydrogens is 310 g/mol. The number of carbonyl (C=O) groups excluding carboxylic acids is 1. The van der Waals surface area contributed by atoms with E-state index in [1.807, 2.05) is 0 Å². The van der Waals surface area contributed by atoms with Crippen LogP contribution in [0.15, 0.2) is 64.8 Å². The molecule has 2 aromatic carbocycles. The molecule has 0 aliphatic heterocycles. The Balaban J connectivity index is 2.26. The molecule has 0 saturated carbocycles. The minimum absolute atomic E-state index is 0.219. The normalized spacial score (nSPS) is 10.5. The molecule has 24 heavy (non-hydrogen) atoms. The van der Waals surface area contributed by atoms with Crippen molar-refractivity contribution in [3.63, 3.8) is 0 Å². The molecule has 0 fully saturated rings. The lowest BCUT2D eigenvalue weighted by Gasteiger charge is -2.07. The van der Waals surface area contributed by atoms with Crippen molar-refractivity contribution >= 4 is 28.9 Å². The summed E-state index contributed by atoms with van der Waals surface area (Å²) < 4.78 is 0. The average molecular weight is 325 g/mol. The van der Waals surface area contributed by atoms with Gasteiger partial charge in [-0.3, -0.25) is 4.79 Å². The maximum absolute atomic E-state index is 11.7. The molecule has 0 saturated heterocycles. The molecule has 0 heterocycles. The van der Waals surface area contributed by atoms with E-state index in [4.69, 9.17) is 5.11 Å². The molecule has 0 radical (unpaired) electrons. The molecule has 0 unspecified atom stereocenters. The number of aromatic hydroxyl groups is 1. The van der Waals surface area contributed by atoms with Gasteiger partial charge in [0.1, 0.15) is 17.0 Å². The van der Waals surface area contributed by atoms with E-state index < -0.39 is 11.7 Å². The summed E-state index contributed by atoms with van der Waals surface area (Å²) in [4.78, 5) is 22.6. The Morgan fingerprint density at radius 3 is 2.46 bits per heavy atom. The van der Waals surface area contributed by atoms with E-state index in [1.165, 1.54) is 18.2 Å². The molecule has 2 rings (SSSR count). The van der Waals surface area contributed by atoms with E-state index in [1.54, 1.807) is 31.2 Å². The number of hydrogen-bond donors (Lipinski definition) is 3. The van der Waals surface area contributed by atoms with Gasteiger partial charge in [0, 0.05) is 11.6 Å². The standard InChI is InChI=1S/C17H15N3O4/c1-10(2)16(22)18-13-5-3-4-6-14(13)20-19-11-7-8-12(17(23)24)15(21)9-11/h3-9,21H,1H2,2H3,(H,18,22)(H,23,24)/b20-19+. The molecule has 2 aromatic rings. The van der Waals surface area contributed by atoms with Crippen LogP contribution in [0, 0.1) is 0 Å². The molecule has 0 bridgehead atoms. The number of rotatable bonds is 5. The Labute approximate surface area is 138 Å². The van der Waals surface area contributed by atoms with Crippen molar-refractivity contribution < 1.29 is 19.8 Å². The van der Waals surface area contributed by atoms with Gasteiger partial charge in [-0.25, -0.2) is 4.79 Å². The minimum Gasteiger partial charge on any atom is -0.507 e. The van der Waals surface area contributed by atoms with Gasteiger partial charge in [0.25, 0.3) is 5.91 Å². The van der Waals surface area contributed by atoms with Crippen molar-refractivity contribution in [1.82, 2.24) is 0 Å². The Morgan fingerprint density at radius 2 is 1.83 bits per heavy atom. The van der Waals surface area contributed by atoms with Crippen LogP contribution in [0.4, 0.5) is 17.1 Å². The highest BCUT2D eigenvalue weighted by atomic mass is 16.4. The summed E-state index contributed by atoms with van der Waals surface area (Å²) >= 11 is 0. The number of azo groups is 1. The van der Waals surface area contributed by atoms with Gasteiger partial charge in [0.2, 0.25) is 0 Å². The summed E-state index contributed by atoms with van der Waals surface area (Å²) in [6.07, 6.45) is 0. The summed E-state index contributed by atoms with van der Waals surface area (Å²) in [5.41, 5.74) is 1.28. The topological polar surface area (TPSA) is 111 Å². The first-order valence-electron chi connectivity index (χ1n) is 6.92. The number of carbonyl (C=O) groups is 2. The number of para-hydroxylation sites is 1. The number of benzene rings is 2. The van der Waals surface area contributed by atoms with Gasteiger partial charge in [0.05, 0.1) is 11.4 Å². The Morgan fingerprint density at radius 1 is 1.12 bits per heavy atom. The minimum atomic E-state index is -1.23. The molecule has 0 aromatic heterocycles. The van der Waals surface area contributed by atoms with Gasteiger partial charge in [0.15, 0.2) is 0 Å². The summed E-state index contributed by atoms with van der Waals surface area (Å²) in [7, 11) is 0. The molecule has 0 atom stereocenters. The van der Waals surface area contributed by atoms with Crippen LogP contribution < -0.4 is 5.32 Å². The zero-order valence-corrected chi connectivity index (χ0v) is 12.9. The van der Waals surface area contributed by atoms with Crippen LogP contribution in [0.2, 0.25) is 0 Å². The molecule has 0 spiro atoms. The van der Waals surface area contributed by atoms with E-state index >= 15 is 0 Å². The molecule has 1 amide bonds. The van der Waals surface area contributed by atoms with Crippen molar-refractivity contribution in [1.29, 1.82) is 0 Å². The van der Waals surface area contributed by atoms with Crippen molar-refractivity contribution in [2.45, 2.75) is 6.92 Å². The highest BCUT2D eigenvalue weighted by molar-refractivity contribution is 6.04. The second kappa shape index (κ2) is 7.19. The number of hydrogen-bond acceptors (Lipinski definition) is 5. The van der Waals surface area contributed by atoms with E-state index in [0.29, 0.717) is 16.9 Å². The summed E-state index contributed by atoms with van der Waals surface area (Å²) in [6, 6.07) is 10.6. The second-order valence-corrected chi connectivity index (χ2v) is 4.96. The van der Waals surface area contributed by atoms with Crippen LogP contribution in [-0.4, -0.2) is 22.1 Å². The number of amides is 1. The average Bonchev–Trinajstić information content (AvgIpc) is 2.53. The van der Waals surface area contributed by atoms with Crippen LogP contribution in [0.3, 0.4) is 0 Å². The fourth-order valence-electron chi connectivity index (χ4n) is 1.77. The third kappa shape index (κ3) is 4.04. The lowest BCUT2D eigenvalue weighted by atomic mass is 10.2. The van der Waals surface area contributed by atoms with Gasteiger partial charge in [-0.05, 0) is 31.2 Å². The van der Waals surface area contributed by atoms with Gasteiger partial charge in [-0.15, -0.1) is 5.11 Å². The largest absolute Gasteiger partial charge is 0.507 e. The SMILES string of the molecule is C=C(C)C(=O)Nc1ccccc1/N=N/c1ccc(C(=O)O)c(O)c1. The zero-order valence-electron chi connectivity index (χ0n) is 12.9. The fourth-order valence-corrected chi connectivity index (χ4v) is 1.77. The maximum Gasteiger partial charge on any atom is 0.339 e. The van der Waals surface area contributed by atoms with Gasteiger partial charge in [-0.1, -0.05) is 18.7 Å². The Bertz CT molecular complexity index is 843. The first kappa shape index (κ1) is 16.9. The van der Waals surface area contributed by atoms with E-state index in [-0.39, 0.29) is 17.2 Å². The van der Waals surface area contributed by atoms with Gasteiger partial charge >= 0.3 is 5.97 Å². The van der Waals surface area contributed by atoms with Gasteiger partial charge in [-0.2, -0.15) is 5.11 Å². The summed E-state index contributed by atoms with van der Waals surface area (Å²) in [6.45, 7) is 5.15. The molecule has 0 aliphatic rings. The number of nitrogens with one attached hydrogen (secondary N) is 1. The van der Waals surface area contributed by atoms with Crippen molar-refractivity contribution in [2.75, 3.05) is 5.32 Å². The van der Waals surface area contributed by atoms with Crippen LogP contribution in [0.5, 0.6) is 5.75 Å². The molecule has 7 heteroatoms. The zero-order chi connectivity index (χ0) is 17.7. The van der Waals surface area contributed by atoms with Crippen molar-refractivity contribution in [2.24, 2.45) is 10.2 Å². The molecule has 122 valence electrons. The second-order valence-electron chi connectivity index (χ2n) is 4.96. The lowest BCUT2D eigenvalue weighted by Crippen LogP contribution is -2.11. The van der Waals surface area contributed by atoms with E-state index in [0.717, 1.165) is 0 Å².